The molecule has 6 heteroatoms. The monoisotopic (exact) mass is 339 g/mol. The van der Waals surface area contributed by atoms with Gasteiger partial charge in [-0.15, -0.1) is 0 Å². The molecule has 0 N–H and O–H groups in total. The zero-order valence-corrected chi connectivity index (χ0v) is 13.6. The van der Waals surface area contributed by atoms with Crippen molar-refractivity contribution in [3.8, 4) is 0 Å². The summed E-state index contributed by atoms with van der Waals surface area (Å²) < 4.78 is 3.43. The van der Waals surface area contributed by atoms with E-state index in [4.69, 9.17) is 0 Å². The summed E-state index contributed by atoms with van der Waals surface area (Å²) in [5.41, 5.74) is 1.00. The van der Waals surface area contributed by atoms with Crippen molar-refractivity contribution in [1.29, 1.82) is 0 Å². The maximum Gasteiger partial charge on any atom is 0.331 e. The smallest absolute Gasteiger partial charge is 0.303 e. The number of nitrogens with zero attached hydrogens (tertiary/aromatic N) is 3. The quantitative estimate of drug-likeness (QED) is 0.841. The van der Waals surface area contributed by atoms with Gasteiger partial charge < -0.3 is 4.57 Å². The van der Waals surface area contributed by atoms with E-state index in [1.165, 1.54) is 16.8 Å². The van der Waals surface area contributed by atoms with Gasteiger partial charge in [-0.05, 0) is 18.6 Å². The molecule has 0 saturated carbocycles. The summed E-state index contributed by atoms with van der Waals surface area (Å²) in [6.07, 6.45) is 3.16. The van der Waals surface area contributed by atoms with Crippen LogP contribution < -0.4 is 11.2 Å². The Morgan fingerprint density at radius 2 is 1.95 bits per heavy atom. The highest BCUT2D eigenvalue weighted by molar-refractivity contribution is 9.10. The van der Waals surface area contributed by atoms with Crippen molar-refractivity contribution in [1.82, 2.24) is 14.1 Å². The van der Waals surface area contributed by atoms with Gasteiger partial charge in [0.15, 0.2) is 0 Å². The van der Waals surface area contributed by atoms with Crippen molar-refractivity contribution >= 4 is 15.9 Å². The number of pyridine rings is 1. The Kier molecular flexibility index (Phi) is 5.88. The van der Waals surface area contributed by atoms with Crippen LogP contribution in [-0.2, 0) is 13.6 Å². The molecule has 2 aromatic rings. The first-order valence-electron chi connectivity index (χ1n) is 6.36. The molecule has 2 heterocycles. The molecule has 0 bridgehead atoms. The summed E-state index contributed by atoms with van der Waals surface area (Å²) >= 11 is 3.40. The van der Waals surface area contributed by atoms with E-state index in [1.807, 2.05) is 26.8 Å². The van der Waals surface area contributed by atoms with Crippen molar-refractivity contribution in [2.75, 3.05) is 0 Å². The van der Waals surface area contributed by atoms with E-state index in [0.717, 1.165) is 14.6 Å². The first-order valence-corrected chi connectivity index (χ1v) is 7.16. The van der Waals surface area contributed by atoms with Gasteiger partial charge in [-0.25, -0.2) is 4.79 Å². The van der Waals surface area contributed by atoms with Gasteiger partial charge in [0.1, 0.15) is 0 Å². The van der Waals surface area contributed by atoms with Crippen molar-refractivity contribution in [3.63, 3.8) is 0 Å². The number of aryl methyl sites for hydroxylation is 2. The van der Waals surface area contributed by atoms with Crippen LogP contribution in [0.4, 0.5) is 0 Å². The third kappa shape index (κ3) is 3.66. The highest BCUT2D eigenvalue weighted by atomic mass is 79.9. The van der Waals surface area contributed by atoms with E-state index < -0.39 is 0 Å². The van der Waals surface area contributed by atoms with E-state index in [2.05, 4.69) is 20.9 Å². The van der Waals surface area contributed by atoms with Crippen LogP contribution >= 0.6 is 15.9 Å². The average molecular weight is 340 g/mol. The van der Waals surface area contributed by atoms with Crippen molar-refractivity contribution < 1.29 is 0 Å². The molecule has 0 aliphatic carbocycles. The van der Waals surface area contributed by atoms with Gasteiger partial charge in [-0.3, -0.25) is 14.3 Å². The van der Waals surface area contributed by atoms with Gasteiger partial charge >= 0.3 is 5.69 Å². The average Bonchev–Trinajstić information content (AvgIpc) is 2.45. The fourth-order valence-corrected chi connectivity index (χ4v) is 1.91. The second kappa shape index (κ2) is 7.19. The van der Waals surface area contributed by atoms with Gasteiger partial charge in [0, 0.05) is 30.0 Å². The molecule has 0 radical (unpaired) electrons. The molecule has 0 aliphatic heterocycles. The van der Waals surface area contributed by atoms with Crippen molar-refractivity contribution in [2.24, 2.45) is 7.05 Å². The van der Waals surface area contributed by atoms with E-state index in [0.29, 0.717) is 5.69 Å². The number of halogens is 1. The molecular weight excluding hydrogens is 322 g/mol. The van der Waals surface area contributed by atoms with Gasteiger partial charge in [0.25, 0.3) is 5.56 Å². The Balaban J connectivity index is 0.000000956. The van der Waals surface area contributed by atoms with Crippen molar-refractivity contribution in [3.05, 3.63) is 61.1 Å². The molecule has 0 amide bonds. The van der Waals surface area contributed by atoms with Crippen LogP contribution in [0.25, 0.3) is 0 Å². The Labute approximate surface area is 126 Å². The number of rotatable bonds is 2. The third-order valence-corrected chi connectivity index (χ3v) is 3.51. The number of aromatic nitrogens is 3. The molecule has 0 unspecified atom stereocenters. The Hall–Kier alpha value is -1.69. The third-order valence-electron chi connectivity index (χ3n) is 2.65. The van der Waals surface area contributed by atoms with Gasteiger partial charge in [-0.1, -0.05) is 29.8 Å². The molecule has 0 spiro atoms. The molecule has 0 aliphatic rings. The molecule has 108 valence electrons. The SMILES string of the molecule is CC.Cc1cnc(Cn2c(=O)ccn(C)c2=O)cc1Br. The lowest BCUT2D eigenvalue weighted by Gasteiger charge is -2.07. The summed E-state index contributed by atoms with van der Waals surface area (Å²) in [4.78, 5) is 27.7. The summed E-state index contributed by atoms with van der Waals surface area (Å²) in [5.74, 6) is 0. The van der Waals surface area contributed by atoms with E-state index in [9.17, 15) is 9.59 Å². The van der Waals surface area contributed by atoms with Crippen LogP contribution in [0.3, 0.4) is 0 Å². The normalized spacial score (nSPS) is 9.85. The molecule has 2 aromatic heterocycles. The fraction of sp³-hybridized carbons (Fsp3) is 0.357. The molecule has 0 fully saturated rings. The molecular formula is C14H18BrN3O2. The second-order valence-corrected chi connectivity index (χ2v) is 4.91. The van der Waals surface area contributed by atoms with E-state index >= 15 is 0 Å². The zero-order chi connectivity index (χ0) is 15.3. The lowest BCUT2D eigenvalue weighted by atomic mass is 10.3. The predicted molar refractivity (Wildman–Crippen MR) is 83.1 cm³/mol. The second-order valence-electron chi connectivity index (χ2n) is 4.06. The molecule has 0 saturated heterocycles. The van der Waals surface area contributed by atoms with Gasteiger partial charge in [0.2, 0.25) is 0 Å². The Morgan fingerprint density at radius 1 is 1.30 bits per heavy atom. The largest absolute Gasteiger partial charge is 0.331 e. The Bertz CT molecular complexity index is 704. The number of hydrogen-bond donors (Lipinski definition) is 0. The Morgan fingerprint density at radius 3 is 2.55 bits per heavy atom. The standard InChI is InChI=1S/C12H12BrN3O2.C2H6/c1-8-6-14-9(5-10(8)13)7-16-11(17)3-4-15(2)12(16)18;1-2/h3-6H,7H2,1-2H3;1-2H3. The van der Waals surface area contributed by atoms with E-state index in [-0.39, 0.29) is 17.8 Å². The highest BCUT2D eigenvalue weighted by Crippen LogP contribution is 2.15. The number of hydrogen-bond acceptors (Lipinski definition) is 3. The first-order chi connectivity index (χ1) is 9.49. The highest BCUT2D eigenvalue weighted by Gasteiger charge is 2.06. The molecule has 0 atom stereocenters. The van der Waals surface area contributed by atoms with Crippen LogP contribution in [0.15, 0.2) is 38.6 Å². The maximum atomic E-state index is 11.8. The summed E-state index contributed by atoms with van der Waals surface area (Å²) in [5, 5.41) is 0. The topological polar surface area (TPSA) is 56.9 Å². The minimum atomic E-state index is -0.346. The lowest BCUT2D eigenvalue weighted by molar-refractivity contribution is 0.630. The van der Waals surface area contributed by atoms with Gasteiger partial charge in [0.05, 0.1) is 12.2 Å². The minimum Gasteiger partial charge on any atom is -0.303 e. The van der Waals surface area contributed by atoms with Crippen LogP contribution in [0.2, 0.25) is 0 Å². The molecule has 20 heavy (non-hydrogen) atoms. The summed E-state index contributed by atoms with van der Waals surface area (Å²) in [6.45, 7) is 6.10. The maximum absolute atomic E-state index is 11.8. The first kappa shape index (κ1) is 16.4. The molecule has 2 rings (SSSR count). The fourth-order valence-electron chi connectivity index (χ4n) is 1.55. The van der Waals surface area contributed by atoms with Crippen molar-refractivity contribution in [2.45, 2.75) is 27.3 Å². The minimum absolute atomic E-state index is 0.172. The molecule has 5 nitrogen and oxygen atoms in total. The predicted octanol–water partition coefficient (Wildman–Crippen LogP) is 2.09. The van der Waals surface area contributed by atoms with Crippen LogP contribution in [0, 0.1) is 6.92 Å². The van der Waals surface area contributed by atoms with E-state index in [1.54, 1.807) is 13.2 Å². The zero-order valence-electron chi connectivity index (χ0n) is 12.1. The van der Waals surface area contributed by atoms with Crippen LogP contribution in [0.5, 0.6) is 0 Å². The summed E-state index contributed by atoms with van der Waals surface area (Å²) in [6, 6.07) is 3.18. The van der Waals surface area contributed by atoms with Crippen LogP contribution in [-0.4, -0.2) is 14.1 Å². The molecule has 0 aromatic carbocycles. The summed E-state index contributed by atoms with van der Waals surface area (Å²) in [7, 11) is 1.61. The lowest BCUT2D eigenvalue weighted by Crippen LogP contribution is -2.38. The van der Waals surface area contributed by atoms with Gasteiger partial charge in [-0.2, -0.15) is 0 Å². The van der Waals surface area contributed by atoms with Crippen LogP contribution in [0.1, 0.15) is 25.1 Å².